The third-order valence-corrected chi connectivity index (χ3v) is 3.19. The third kappa shape index (κ3) is 2.19. The quantitative estimate of drug-likeness (QED) is 0.788. The van der Waals surface area contributed by atoms with Crippen molar-refractivity contribution in [1.29, 1.82) is 5.26 Å². The molecule has 98 valence electrons. The zero-order valence-corrected chi connectivity index (χ0v) is 11.0. The van der Waals surface area contributed by atoms with Crippen LogP contribution in [-0.2, 0) is 13.6 Å². The number of fused-ring (bicyclic) bond motifs is 1. The number of anilines is 1. The summed E-state index contributed by atoms with van der Waals surface area (Å²) >= 11 is 0. The maximum Gasteiger partial charge on any atom is 0.128 e. The summed E-state index contributed by atoms with van der Waals surface area (Å²) in [5.41, 5.74) is 1.44. The zero-order valence-electron chi connectivity index (χ0n) is 11.0. The molecule has 5 nitrogen and oxygen atoms in total. The summed E-state index contributed by atoms with van der Waals surface area (Å²) in [7, 11) is 1.94. The molecule has 3 rings (SSSR count). The van der Waals surface area contributed by atoms with Crippen molar-refractivity contribution in [2.45, 2.75) is 6.54 Å². The van der Waals surface area contributed by atoms with Crippen LogP contribution in [0.2, 0.25) is 0 Å². The maximum atomic E-state index is 9.23. The minimum Gasteiger partial charge on any atom is -0.363 e. The van der Waals surface area contributed by atoms with E-state index in [1.807, 2.05) is 42.1 Å². The molecule has 2 aromatic heterocycles. The van der Waals surface area contributed by atoms with Gasteiger partial charge in [0, 0.05) is 24.8 Å². The molecule has 2 heterocycles. The molecular weight excluding hydrogens is 250 g/mol. The van der Waals surface area contributed by atoms with Gasteiger partial charge in [0.2, 0.25) is 0 Å². The van der Waals surface area contributed by atoms with Crippen LogP contribution in [0.25, 0.3) is 10.9 Å². The van der Waals surface area contributed by atoms with E-state index in [2.05, 4.69) is 21.4 Å². The minimum atomic E-state index is 0.569. The molecule has 1 aromatic carbocycles. The Kier molecular flexibility index (Phi) is 3.05. The van der Waals surface area contributed by atoms with Crippen LogP contribution in [-0.4, -0.2) is 14.5 Å². The average molecular weight is 263 g/mol. The lowest BCUT2D eigenvalue weighted by molar-refractivity contribution is 0.811. The number of hydrogen-bond acceptors (Lipinski definition) is 4. The van der Waals surface area contributed by atoms with Crippen LogP contribution < -0.4 is 5.32 Å². The van der Waals surface area contributed by atoms with Gasteiger partial charge in [-0.25, -0.2) is 9.97 Å². The monoisotopic (exact) mass is 263 g/mol. The highest BCUT2D eigenvalue weighted by molar-refractivity contribution is 5.86. The molecule has 0 bridgehead atoms. The summed E-state index contributed by atoms with van der Waals surface area (Å²) < 4.78 is 1.94. The Morgan fingerprint density at radius 2 is 2.20 bits per heavy atom. The molecule has 20 heavy (non-hydrogen) atoms. The van der Waals surface area contributed by atoms with Crippen molar-refractivity contribution in [3.63, 3.8) is 0 Å². The number of imidazole rings is 1. The second-order valence-corrected chi connectivity index (χ2v) is 4.49. The highest BCUT2D eigenvalue weighted by atomic mass is 15.1. The van der Waals surface area contributed by atoms with Crippen LogP contribution in [0.5, 0.6) is 0 Å². The third-order valence-electron chi connectivity index (χ3n) is 3.19. The molecule has 0 spiro atoms. The number of nitrogens with one attached hydrogen (secondary N) is 1. The predicted molar refractivity (Wildman–Crippen MR) is 77.0 cm³/mol. The summed E-state index contributed by atoms with van der Waals surface area (Å²) in [6.45, 7) is 0.569. The Labute approximate surface area is 116 Å². The van der Waals surface area contributed by atoms with Gasteiger partial charge in [0.25, 0.3) is 0 Å². The van der Waals surface area contributed by atoms with Gasteiger partial charge in [-0.2, -0.15) is 5.26 Å². The standard InChI is InChI=1S/C15H13N5/c1-20-7-6-17-15(20)10-18-14-8-11(9-16)12-4-2-3-5-13(12)19-14/h2-8H,10H2,1H3,(H,18,19). The van der Waals surface area contributed by atoms with Crippen LogP contribution in [0.3, 0.4) is 0 Å². The molecule has 5 heteroatoms. The second-order valence-electron chi connectivity index (χ2n) is 4.49. The Bertz CT molecular complexity index is 797. The van der Waals surface area contributed by atoms with E-state index >= 15 is 0 Å². The van der Waals surface area contributed by atoms with E-state index in [0.29, 0.717) is 17.9 Å². The van der Waals surface area contributed by atoms with Gasteiger partial charge in [-0.15, -0.1) is 0 Å². The first kappa shape index (κ1) is 12.2. The van der Waals surface area contributed by atoms with E-state index in [1.165, 1.54) is 0 Å². The summed E-state index contributed by atoms with van der Waals surface area (Å²) in [5, 5.41) is 13.3. The first-order chi connectivity index (χ1) is 9.78. The molecule has 0 saturated heterocycles. The molecule has 3 aromatic rings. The lowest BCUT2D eigenvalue weighted by Crippen LogP contribution is -2.07. The van der Waals surface area contributed by atoms with Crippen LogP contribution >= 0.6 is 0 Å². The lowest BCUT2D eigenvalue weighted by Gasteiger charge is -2.08. The largest absolute Gasteiger partial charge is 0.363 e. The summed E-state index contributed by atoms with van der Waals surface area (Å²) in [5.74, 6) is 1.60. The molecule has 0 unspecified atom stereocenters. The van der Waals surface area contributed by atoms with Gasteiger partial charge in [0.15, 0.2) is 0 Å². The van der Waals surface area contributed by atoms with Crippen molar-refractivity contribution >= 4 is 16.7 Å². The van der Waals surface area contributed by atoms with Crippen LogP contribution in [0.15, 0.2) is 42.7 Å². The van der Waals surface area contributed by atoms with Gasteiger partial charge in [-0.3, -0.25) is 0 Å². The number of benzene rings is 1. The van der Waals surface area contributed by atoms with Crippen LogP contribution in [0.1, 0.15) is 11.4 Å². The number of nitriles is 1. The van der Waals surface area contributed by atoms with E-state index in [9.17, 15) is 5.26 Å². The fourth-order valence-corrected chi connectivity index (χ4v) is 2.09. The fraction of sp³-hybridized carbons (Fsp3) is 0.133. The van der Waals surface area contributed by atoms with E-state index in [4.69, 9.17) is 0 Å². The fourth-order valence-electron chi connectivity index (χ4n) is 2.09. The molecule has 1 N–H and O–H groups in total. The van der Waals surface area contributed by atoms with E-state index in [1.54, 1.807) is 12.3 Å². The van der Waals surface area contributed by atoms with Crippen molar-refractivity contribution in [1.82, 2.24) is 14.5 Å². The Balaban J connectivity index is 1.92. The average Bonchev–Trinajstić information content (AvgIpc) is 2.89. The predicted octanol–water partition coefficient (Wildman–Crippen LogP) is 2.45. The minimum absolute atomic E-state index is 0.569. The van der Waals surface area contributed by atoms with Crippen molar-refractivity contribution < 1.29 is 0 Å². The van der Waals surface area contributed by atoms with Gasteiger partial charge in [-0.05, 0) is 12.1 Å². The summed E-state index contributed by atoms with van der Waals surface area (Å²) in [6, 6.07) is 11.6. The van der Waals surface area contributed by atoms with Crippen molar-refractivity contribution in [2.24, 2.45) is 7.05 Å². The smallest absolute Gasteiger partial charge is 0.128 e. The summed E-state index contributed by atoms with van der Waals surface area (Å²) in [4.78, 5) is 8.76. The molecule has 0 aliphatic carbocycles. The summed E-state index contributed by atoms with van der Waals surface area (Å²) in [6.07, 6.45) is 3.65. The lowest BCUT2D eigenvalue weighted by atomic mass is 10.1. The number of para-hydroxylation sites is 1. The Morgan fingerprint density at radius 1 is 1.35 bits per heavy atom. The number of pyridine rings is 1. The highest BCUT2D eigenvalue weighted by Gasteiger charge is 2.06. The van der Waals surface area contributed by atoms with E-state index in [0.717, 1.165) is 16.7 Å². The molecule has 0 aliphatic heterocycles. The maximum absolute atomic E-state index is 9.23. The van der Waals surface area contributed by atoms with Crippen LogP contribution in [0.4, 0.5) is 5.82 Å². The molecule has 0 atom stereocenters. The van der Waals surface area contributed by atoms with E-state index in [-0.39, 0.29) is 0 Å². The Hall–Kier alpha value is -2.87. The van der Waals surface area contributed by atoms with Crippen molar-refractivity contribution in [2.75, 3.05) is 5.32 Å². The van der Waals surface area contributed by atoms with Gasteiger partial charge in [0.1, 0.15) is 11.6 Å². The van der Waals surface area contributed by atoms with Crippen LogP contribution in [0, 0.1) is 11.3 Å². The second kappa shape index (κ2) is 5.02. The Morgan fingerprint density at radius 3 is 2.95 bits per heavy atom. The SMILES string of the molecule is Cn1ccnc1CNc1cc(C#N)c2ccccc2n1. The zero-order chi connectivity index (χ0) is 13.9. The molecule has 0 fully saturated rings. The first-order valence-electron chi connectivity index (χ1n) is 6.28. The topological polar surface area (TPSA) is 66.5 Å². The van der Waals surface area contributed by atoms with E-state index < -0.39 is 0 Å². The molecular formula is C15H13N5. The molecule has 0 amide bonds. The number of rotatable bonds is 3. The molecule has 0 radical (unpaired) electrons. The van der Waals surface area contributed by atoms with Gasteiger partial charge < -0.3 is 9.88 Å². The van der Waals surface area contributed by atoms with Crippen molar-refractivity contribution in [3.8, 4) is 6.07 Å². The first-order valence-corrected chi connectivity index (χ1v) is 6.28. The van der Waals surface area contributed by atoms with Gasteiger partial charge >= 0.3 is 0 Å². The number of nitrogens with zero attached hydrogens (tertiary/aromatic N) is 4. The molecule has 0 saturated carbocycles. The normalized spacial score (nSPS) is 10.4. The number of aromatic nitrogens is 3. The number of hydrogen-bond donors (Lipinski definition) is 1. The van der Waals surface area contributed by atoms with Crippen molar-refractivity contribution in [3.05, 3.63) is 54.1 Å². The molecule has 0 aliphatic rings. The number of aryl methyl sites for hydroxylation is 1. The highest BCUT2D eigenvalue weighted by Crippen LogP contribution is 2.20. The van der Waals surface area contributed by atoms with Gasteiger partial charge in [0.05, 0.1) is 23.7 Å². The van der Waals surface area contributed by atoms with Gasteiger partial charge in [-0.1, -0.05) is 18.2 Å².